The maximum atomic E-state index is 12.8. The van der Waals surface area contributed by atoms with Crippen LogP contribution < -0.4 is 5.32 Å². The van der Waals surface area contributed by atoms with E-state index in [9.17, 15) is 9.50 Å². The number of nitrogens with one attached hydrogen (secondary N) is 1. The van der Waals surface area contributed by atoms with Crippen LogP contribution >= 0.6 is 0 Å². The Balaban J connectivity index is 2.17. The number of hydrogen-bond acceptors (Lipinski definition) is 3. The third-order valence-electron chi connectivity index (χ3n) is 2.70. The van der Waals surface area contributed by atoms with Gasteiger partial charge in [-0.15, -0.1) is 0 Å². The van der Waals surface area contributed by atoms with E-state index in [0.29, 0.717) is 0 Å². The molecule has 1 aromatic heterocycles. The maximum absolute atomic E-state index is 12.8. The Morgan fingerprint density at radius 3 is 2.78 bits per heavy atom. The fourth-order valence-electron chi connectivity index (χ4n) is 1.78. The lowest BCUT2D eigenvalue weighted by Crippen LogP contribution is -2.11. The molecule has 3 nitrogen and oxygen atoms in total. The van der Waals surface area contributed by atoms with Crippen molar-refractivity contribution in [1.82, 2.24) is 4.98 Å². The molecule has 94 valence electrons. The highest BCUT2D eigenvalue weighted by atomic mass is 19.1. The van der Waals surface area contributed by atoms with Crippen molar-refractivity contribution in [3.8, 4) is 5.75 Å². The van der Waals surface area contributed by atoms with Crippen molar-refractivity contribution in [2.24, 2.45) is 0 Å². The Kier molecular flexibility index (Phi) is 3.77. The van der Waals surface area contributed by atoms with Crippen molar-refractivity contribution in [3.63, 3.8) is 0 Å². The van der Waals surface area contributed by atoms with E-state index in [4.69, 9.17) is 0 Å². The lowest BCUT2D eigenvalue weighted by Gasteiger charge is -2.17. The molecule has 1 unspecified atom stereocenters. The maximum Gasteiger partial charge on any atom is 0.141 e. The molecular formula is C14H15FN2O. The van der Waals surface area contributed by atoms with Gasteiger partial charge in [0.1, 0.15) is 11.6 Å². The summed E-state index contributed by atoms with van der Waals surface area (Å²) in [6.07, 6.45) is 2.02. The number of nitrogens with zero attached hydrogens (tertiary/aromatic N) is 1. The van der Waals surface area contributed by atoms with Crippen LogP contribution in [-0.2, 0) is 0 Å². The van der Waals surface area contributed by atoms with Gasteiger partial charge in [-0.3, -0.25) is 4.98 Å². The molecule has 1 aromatic carbocycles. The molecule has 0 aliphatic heterocycles. The number of aromatic nitrogens is 1. The lowest BCUT2D eigenvalue weighted by molar-refractivity contribution is 0.475. The van der Waals surface area contributed by atoms with Gasteiger partial charge in [-0.2, -0.15) is 0 Å². The van der Waals surface area contributed by atoms with Crippen molar-refractivity contribution < 1.29 is 9.50 Å². The van der Waals surface area contributed by atoms with E-state index in [-0.39, 0.29) is 17.6 Å². The van der Waals surface area contributed by atoms with E-state index >= 15 is 0 Å². The minimum Gasteiger partial charge on any atom is -0.508 e. The number of benzene rings is 1. The zero-order valence-corrected chi connectivity index (χ0v) is 10.1. The summed E-state index contributed by atoms with van der Waals surface area (Å²) in [6.45, 7) is 2.02. The molecule has 0 bridgehead atoms. The van der Waals surface area contributed by atoms with Crippen LogP contribution in [0.25, 0.3) is 0 Å². The smallest absolute Gasteiger partial charge is 0.141 e. The minimum atomic E-state index is -0.342. The van der Waals surface area contributed by atoms with Gasteiger partial charge in [0, 0.05) is 11.8 Å². The predicted octanol–water partition coefficient (Wildman–Crippen LogP) is 3.49. The largest absolute Gasteiger partial charge is 0.508 e. The second kappa shape index (κ2) is 5.49. The van der Waals surface area contributed by atoms with Crippen LogP contribution in [0, 0.1) is 5.82 Å². The molecule has 0 radical (unpaired) electrons. The van der Waals surface area contributed by atoms with E-state index in [1.54, 1.807) is 24.3 Å². The SMILES string of the molecule is CCC(Nc1cccc(O)c1)c1ccc(F)cn1. The second-order valence-corrected chi connectivity index (χ2v) is 4.06. The third-order valence-corrected chi connectivity index (χ3v) is 2.70. The third kappa shape index (κ3) is 2.97. The van der Waals surface area contributed by atoms with Crippen LogP contribution in [0.3, 0.4) is 0 Å². The molecule has 1 heterocycles. The first-order valence-electron chi connectivity index (χ1n) is 5.86. The molecule has 0 spiro atoms. The van der Waals surface area contributed by atoms with Crippen LogP contribution in [0.4, 0.5) is 10.1 Å². The Hall–Kier alpha value is -2.10. The number of phenolic OH excluding ortho intramolecular Hbond substituents is 1. The summed E-state index contributed by atoms with van der Waals surface area (Å²) in [6, 6.07) is 9.95. The number of phenols is 1. The van der Waals surface area contributed by atoms with Gasteiger partial charge < -0.3 is 10.4 Å². The van der Waals surface area contributed by atoms with Crippen molar-refractivity contribution >= 4 is 5.69 Å². The lowest BCUT2D eigenvalue weighted by atomic mass is 10.1. The highest BCUT2D eigenvalue weighted by Crippen LogP contribution is 2.23. The van der Waals surface area contributed by atoms with Crippen molar-refractivity contribution in [2.45, 2.75) is 19.4 Å². The van der Waals surface area contributed by atoms with E-state index < -0.39 is 0 Å². The first kappa shape index (κ1) is 12.4. The van der Waals surface area contributed by atoms with Crippen LogP contribution in [0.2, 0.25) is 0 Å². The van der Waals surface area contributed by atoms with Crippen LogP contribution in [0.1, 0.15) is 25.1 Å². The van der Waals surface area contributed by atoms with Gasteiger partial charge in [0.15, 0.2) is 0 Å². The van der Waals surface area contributed by atoms with E-state index in [1.165, 1.54) is 12.3 Å². The molecule has 1 atom stereocenters. The van der Waals surface area contributed by atoms with Gasteiger partial charge in [-0.05, 0) is 30.7 Å². The zero-order valence-electron chi connectivity index (χ0n) is 10.1. The number of hydrogen-bond donors (Lipinski definition) is 2. The van der Waals surface area contributed by atoms with Crippen molar-refractivity contribution in [1.29, 1.82) is 0 Å². The second-order valence-electron chi connectivity index (χ2n) is 4.06. The summed E-state index contributed by atoms with van der Waals surface area (Å²) < 4.78 is 12.8. The molecule has 2 rings (SSSR count). The van der Waals surface area contributed by atoms with Gasteiger partial charge in [0.25, 0.3) is 0 Å². The molecule has 0 aliphatic carbocycles. The van der Waals surface area contributed by atoms with Gasteiger partial charge in [0.2, 0.25) is 0 Å². The van der Waals surface area contributed by atoms with Crippen molar-refractivity contribution in [3.05, 3.63) is 54.1 Å². The molecule has 4 heteroatoms. The summed E-state index contributed by atoms with van der Waals surface area (Å²) in [5.41, 5.74) is 1.59. The van der Waals surface area contributed by atoms with Crippen LogP contribution in [0.5, 0.6) is 5.75 Å². The average molecular weight is 246 g/mol. The molecule has 0 aliphatic rings. The summed E-state index contributed by atoms with van der Waals surface area (Å²) >= 11 is 0. The molecular weight excluding hydrogens is 231 g/mol. The van der Waals surface area contributed by atoms with Gasteiger partial charge in [-0.1, -0.05) is 13.0 Å². The summed E-state index contributed by atoms with van der Waals surface area (Å²) in [7, 11) is 0. The monoisotopic (exact) mass is 246 g/mol. The molecule has 18 heavy (non-hydrogen) atoms. The molecule has 0 amide bonds. The molecule has 2 aromatic rings. The molecule has 0 fully saturated rings. The highest BCUT2D eigenvalue weighted by molar-refractivity contribution is 5.49. The highest BCUT2D eigenvalue weighted by Gasteiger charge is 2.10. The summed E-state index contributed by atoms with van der Waals surface area (Å²) in [5.74, 6) is -0.132. The normalized spacial score (nSPS) is 12.1. The number of halogens is 1. The van der Waals surface area contributed by atoms with E-state index in [0.717, 1.165) is 17.8 Å². The first-order chi connectivity index (χ1) is 8.69. The van der Waals surface area contributed by atoms with Crippen LogP contribution in [-0.4, -0.2) is 10.1 Å². The molecule has 0 saturated heterocycles. The number of aromatic hydroxyl groups is 1. The quantitative estimate of drug-likeness (QED) is 0.868. The fraction of sp³-hybridized carbons (Fsp3) is 0.214. The standard InChI is InChI=1S/C14H15FN2O/c1-2-13(14-7-6-10(15)9-16-14)17-11-4-3-5-12(18)8-11/h3-9,13,17-18H,2H2,1H3. The van der Waals surface area contributed by atoms with Gasteiger partial charge >= 0.3 is 0 Å². The summed E-state index contributed by atoms with van der Waals surface area (Å²) in [5, 5.41) is 12.7. The Labute approximate surface area is 105 Å². The molecule has 0 saturated carbocycles. The van der Waals surface area contributed by atoms with E-state index in [1.807, 2.05) is 13.0 Å². The average Bonchev–Trinajstić information content (AvgIpc) is 2.37. The zero-order chi connectivity index (χ0) is 13.0. The predicted molar refractivity (Wildman–Crippen MR) is 69.0 cm³/mol. The number of rotatable bonds is 4. The number of pyridine rings is 1. The minimum absolute atomic E-state index is 0.00704. The topological polar surface area (TPSA) is 45.1 Å². The Morgan fingerprint density at radius 1 is 1.33 bits per heavy atom. The van der Waals surface area contributed by atoms with E-state index in [2.05, 4.69) is 10.3 Å². The Morgan fingerprint density at radius 2 is 2.17 bits per heavy atom. The fourth-order valence-corrected chi connectivity index (χ4v) is 1.78. The van der Waals surface area contributed by atoms with Gasteiger partial charge in [-0.25, -0.2) is 4.39 Å². The molecule has 2 N–H and O–H groups in total. The summed E-state index contributed by atoms with van der Waals surface area (Å²) in [4.78, 5) is 4.07. The first-order valence-corrected chi connectivity index (χ1v) is 5.86. The number of anilines is 1. The Bertz CT molecular complexity index is 513. The van der Waals surface area contributed by atoms with Crippen molar-refractivity contribution in [2.75, 3.05) is 5.32 Å². The van der Waals surface area contributed by atoms with Gasteiger partial charge in [0.05, 0.1) is 17.9 Å². The van der Waals surface area contributed by atoms with Crippen LogP contribution in [0.15, 0.2) is 42.6 Å².